The molecule has 0 bridgehead atoms. The topological polar surface area (TPSA) is 26.0 Å². The number of nitrogens with two attached hydrogens (primary N) is 1. The van der Waals surface area contributed by atoms with Gasteiger partial charge < -0.3 is 5.73 Å². The molecule has 0 aliphatic heterocycles. The Bertz CT molecular complexity index is 69.3. The Morgan fingerprint density at radius 3 is 2.00 bits per heavy atom. The molecule has 0 atom stereocenters. The average molecular weight is 157 g/mol. The van der Waals surface area contributed by atoms with Crippen LogP contribution in [0.1, 0.15) is 52.4 Å². The van der Waals surface area contributed by atoms with E-state index in [0.717, 1.165) is 12.5 Å². The van der Waals surface area contributed by atoms with Crippen molar-refractivity contribution < 1.29 is 0 Å². The summed E-state index contributed by atoms with van der Waals surface area (Å²) in [5, 5.41) is 0. The zero-order chi connectivity index (χ0) is 8.53. The summed E-state index contributed by atoms with van der Waals surface area (Å²) in [5.74, 6) is 0.879. The molecule has 0 fully saturated rings. The van der Waals surface area contributed by atoms with Crippen molar-refractivity contribution in [1.29, 1.82) is 0 Å². The lowest BCUT2D eigenvalue weighted by Crippen LogP contribution is -1.97. The van der Waals surface area contributed by atoms with Crippen LogP contribution in [0.5, 0.6) is 0 Å². The molecular weight excluding hydrogens is 134 g/mol. The molecule has 11 heavy (non-hydrogen) atoms. The molecule has 0 heterocycles. The maximum atomic E-state index is 5.39. The third kappa shape index (κ3) is 9.96. The third-order valence-corrected chi connectivity index (χ3v) is 1.99. The fraction of sp³-hybridized carbons (Fsp3) is 1.00. The number of hydrogen-bond acceptors (Lipinski definition) is 1. The molecule has 0 radical (unpaired) electrons. The van der Waals surface area contributed by atoms with Crippen LogP contribution in [0.2, 0.25) is 0 Å². The monoisotopic (exact) mass is 157 g/mol. The molecule has 0 saturated carbocycles. The van der Waals surface area contributed by atoms with Gasteiger partial charge in [0.2, 0.25) is 0 Å². The van der Waals surface area contributed by atoms with E-state index in [2.05, 4.69) is 13.8 Å². The van der Waals surface area contributed by atoms with Gasteiger partial charge in [-0.1, -0.05) is 46.0 Å². The summed E-state index contributed by atoms with van der Waals surface area (Å²) in [6.45, 7) is 5.45. The van der Waals surface area contributed by atoms with Gasteiger partial charge in [-0.25, -0.2) is 0 Å². The molecule has 1 heteroatoms. The van der Waals surface area contributed by atoms with E-state index in [1.807, 2.05) is 0 Å². The van der Waals surface area contributed by atoms with Gasteiger partial charge in [-0.15, -0.1) is 0 Å². The molecule has 0 unspecified atom stereocenters. The van der Waals surface area contributed by atoms with Gasteiger partial charge in [0.25, 0.3) is 0 Å². The van der Waals surface area contributed by atoms with Gasteiger partial charge in [0.1, 0.15) is 0 Å². The van der Waals surface area contributed by atoms with Crippen molar-refractivity contribution in [2.75, 3.05) is 6.54 Å². The highest BCUT2D eigenvalue weighted by molar-refractivity contribution is 4.48. The van der Waals surface area contributed by atoms with Crippen LogP contribution >= 0.6 is 0 Å². The number of unbranched alkanes of at least 4 members (excludes halogenated alkanes) is 4. The predicted molar refractivity (Wildman–Crippen MR) is 51.6 cm³/mol. The van der Waals surface area contributed by atoms with Crippen molar-refractivity contribution >= 4 is 0 Å². The molecule has 0 aromatic heterocycles. The van der Waals surface area contributed by atoms with Crippen molar-refractivity contribution in [1.82, 2.24) is 0 Å². The third-order valence-electron chi connectivity index (χ3n) is 1.99. The maximum absolute atomic E-state index is 5.39. The minimum absolute atomic E-state index is 0.865. The molecule has 68 valence electrons. The zero-order valence-corrected chi connectivity index (χ0v) is 8.10. The largest absolute Gasteiger partial charge is 0.330 e. The van der Waals surface area contributed by atoms with E-state index in [-0.39, 0.29) is 0 Å². The summed E-state index contributed by atoms with van der Waals surface area (Å²) in [7, 11) is 0. The molecule has 0 spiro atoms. The van der Waals surface area contributed by atoms with Crippen molar-refractivity contribution in [2.24, 2.45) is 11.7 Å². The van der Waals surface area contributed by atoms with Gasteiger partial charge in [0, 0.05) is 0 Å². The van der Waals surface area contributed by atoms with Crippen LogP contribution in [0.3, 0.4) is 0 Å². The van der Waals surface area contributed by atoms with Crippen LogP contribution in [0.4, 0.5) is 0 Å². The Hall–Kier alpha value is -0.0400. The summed E-state index contributed by atoms with van der Waals surface area (Å²) in [6, 6.07) is 0. The Labute approximate surface area is 71.4 Å². The van der Waals surface area contributed by atoms with E-state index >= 15 is 0 Å². The molecule has 0 aromatic carbocycles. The zero-order valence-electron chi connectivity index (χ0n) is 8.10. The van der Waals surface area contributed by atoms with E-state index in [9.17, 15) is 0 Å². The Morgan fingerprint density at radius 1 is 0.909 bits per heavy atom. The minimum Gasteiger partial charge on any atom is -0.330 e. The highest BCUT2D eigenvalue weighted by atomic mass is 14.5. The Morgan fingerprint density at radius 2 is 1.45 bits per heavy atom. The van der Waals surface area contributed by atoms with Gasteiger partial charge in [0.15, 0.2) is 0 Å². The Balaban J connectivity index is 2.80. The van der Waals surface area contributed by atoms with Crippen LogP contribution in [0, 0.1) is 5.92 Å². The first-order valence-electron chi connectivity index (χ1n) is 4.97. The first kappa shape index (κ1) is 11.0. The lowest BCUT2D eigenvalue weighted by atomic mass is 10.0. The van der Waals surface area contributed by atoms with Gasteiger partial charge >= 0.3 is 0 Å². The first-order valence-corrected chi connectivity index (χ1v) is 4.97. The molecule has 1 nitrogen and oxygen atoms in total. The average Bonchev–Trinajstić information content (AvgIpc) is 1.96. The second-order valence-corrected chi connectivity index (χ2v) is 3.74. The van der Waals surface area contributed by atoms with Crippen LogP contribution in [0.25, 0.3) is 0 Å². The summed E-state index contributed by atoms with van der Waals surface area (Å²) in [5.41, 5.74) is 5.39. The standard InChI is InChI=1S/C10H23N/c1-10(2)8-6-4-3-5-7-9-11/h10H,3-9,11H2,1-2H3. The van der Waals surface area contributed by atoms with Crippen molar-refractivity contribution in [2.45, 2.75) is 52.4 Å². The van der Waals surface area contributed by atoms with Crippen LogP contribution in [-0.4, -0.2) is 6.54 Å². The molecule has 0 rings (SSSR count). The number of rotatable bonds is 7. The lowest BCUT2D eigenvalue weighted by molar-refractivity contribution is 0.516. The summed E-state index contributed by atoms with van der Waals surface area (Å²) in [6.07, 6.45) is 8.11. The van der Waals surface area contributed by atoms with E-state index < -0.39 is 0 Å². The molecule has 0 aromatic rings. The summed E-state index contributed by atoms with van der Waals surface area (Å²) < 4.78 is 0. The van der Waals surface area contributed by atoms with Gasteiger partial charge in [-0.05, 0) is 18.9 Å². The highest BCUT2D eigenvalue weighted by Gasteiger charge is 1.93. The minimum atomic E-state index is 0.865. The van der Waals surface area contributed by atoms with Crippen LogP contribution < -0.4 is 5.73 Å². The predicted octanol–water partition coefficient (Wildman–Crippen LogP) is 2.94. The fourth-order valence-corrected chi connectivity index (χ4v) is 1.23. The molecular formula is C10H23N. The van der Waals surface area contributed by atoms with Gasteiger partial charge in [0.05, 0.1) is 0 Å². The SMILES string of the molecule is CC(C)CCCCCCCN. The summed E-state index contributed by atoms with van der Waals surface area (Å²) >= 11 is 0. The van der Waals surface area contributed by atoms with Crippen molar-refractivity contribution in [3.8, 4) is 0 Å². The van der Waals surface area contributed by atoms with Crippen LogP contribution in [0.15, 0.2) is 0 Å². The smallest absolute Gasteiger partial charge is 0.00773 e. The normalized spacial score (nSPS) is 10.9. The van der Waals surface area contributed by atoms with E-state index in [1.54, 1.807) is 0 Å². The quantitative estimate of drug-likeness (QED) is 0.565. The lowest BCUT2D eigenvalue weighted by Gasteiger charge is -2.03. The van der Waals surface area contributed by atoms with E-state index in [1.165, 1.54) is 38.5 Å². The molecule has 0 amide bonds. The van der Waals surface area contributed by atoms with Gasteiger partial charge in [-0.2, -0.15) is 0 Å². The molecule has 0 aliphatic rings. The molecule has 0 aliphatic carbocycles. The van der Waals surface area contributed by atoms with Crippen molar-refractivity contribution in [3.05, 3.63) is 0 Å². The Kier molecular flexibility index (Phi) is 8.03. The summed E-state index contributed by atoms with van der Waals surface area (Å²) in [4.78, 5) is 0. The van der Waals surface area contributed by atoms with Crippen LogP contribution in [-0.2, 0) is 0 Å². The molecule has 0 saturated heterocycles. The number of hydrogen-bond donors (Lipinski definition) is 1. The fourth-order valence-electron chi connectivity index (χ4n) is 1.23. The second kappa shape index (κ2) is 8.06. The maximum Gasteiger partial charge on any atom is -0.00773 e. The first-order chi connectivity index (χ1) is 5.27. The second-order valence-electron chi connectivity index (χ2n) is 3.74. The molecule has 2 N–H and O–H groups in total. The highest BCUT2D eigenvalue weighted by Crippen LogP contribution is 2.09. The van der Waals surface area contributed by atoms with Gasteiger partial charge in [-0.3, -0.25) is 0 Å². The van der Waals surface area contributed by atoms with E-state index in [0.29, 0.717) is 0 Å². The van der Waals surface area contributed by atoms with E-state index in [4.69, 9.17) is 5.73 Å². The van der Waals surface area contributed by atoms with Crippen molar-refractivity contribution in [3.63, 3.8) is 0 Å².